The molecule has 24 heavy (non-hydrogen) atoms. The molecule has 3 rings (SSSR count). The maximum atomic E-state index is 12.4. The molecule has 0 aliphatic heterocycles. The Kier molecular flexibility index (Phi) is 4.34. The molecule has 2 aromatic carbocycles. The van der Waals surface area contributed by atoms with Crippen molar-refractivity contribution >= 4 is 27.3 Å². The van der Waals surface area contributed by atoms with Crippen molar-refractivity contribution in [3.05, 3.63) is 65.0 Å². The number of benzene rings is 2. The van der Waals surface area contributed by atoms with Gasteiger partial charge in [-0.05, 0) is 49.7 Å². The molecule has 0 spiro atoms. The summed E-state index contributed by atoms with van der Waals surface area (Å²) in [4.78, 5) is 0.116. The van der Waals surface area contributed by atoms with E-state index in [-0.39, 0.29) is 4.90 Å². The smallest absolute Gasteiger partial charge is 0.261 e. The molecule has 0 unspecified atom stereocenters. The number of sulfonamides is 1. The van der Waals surface area contributed by atoms with E-state index in [4.69, 9.17) is 16.1 Å². The Morgan fingerprint density at radius 3 is 2.38 bits per heavy atom. The van der Waals surface area contributed by atoms with Gasteiger partial charge < -0.3 is 4.52 Å². The standard InChI is InChI=1S/C17H15ClN2O3S/c1-11-17(12(2)23-19-11)13-6-8-15(9-7-13)20-24(21,22)16-5-3-4-14(18)10-16/h3-10,20H,1-2H3. The second-order valence-corrected chi connectivity index (χ2v) is 7.46. The van der Waals surface area contributed by atoms with E-state index in [9.17, 15) is 8.42 Å². The van der Waals surface area contributed by atoms with Crippen molar-refractivity contribution in [1.29, 1.82) is 0 Å². The molecule has 0 aliphatic rings. The monoisotopic (exact) mass is 362 g/mol. The molecule has 0 bridgehead atoms. The predicted octanol–water partition coefficient (Wildman–Crippen LogP) is 4.41. The highest BCUT2D eigenvalue weighted by Gasteiger charge is 2.15. The van der Waals surface area contributed by atoms with Crippen LogP contribution in [0.15, 0.2) is 57.9 Å². The van der Waals surface area contributed by atoms with Gasteiger partial charge in [0.2, 0.25) is 0 Å². The van der Waals surface area contributed by atoms with Crippen LogP contribution in [0.2, 0.25) is 5.02 Å². The normalized spacial score (nSPS) is 11.5. The fourth-order valence-electron chi connectivity index (χ4n) is 2.45. The minimum Gasteiger partial charge on any atom is -0.361 e. The molecule has 124 valence electrons. The van der Waals surface area contributed by atoms with Crippen molar-refractivity contribution in [2.45, 2.75) is 18.7 Å². The van der Waals surface area contributed by atoms with Crippen LogP contribution in [0, 0.1) is 13.8 Å². The van der Waals surface area contributed by atoms with Gasteiger partial charge in [-0.15, -0.1) is 0 Å². The number of anilines is 1. The Bertz CT molecular complexity index is 960. The molecule has 0 aliphatic carbocycles. The summed E-state index contributed by atoms with van der Waals surface area (Å²) in [5.74, 6) is 0.722. The molecule has 7 heteroatoms. The van der Waals surface area contributed by atoms with Gasteiger partial charge in [0, 0.05) is 16.3 Å². The van der Waals surface area contributed by atoms with Gasteiger partial charge in [-0.25, -0.2) is 8.42 Å². The summed E-state index contributed by atoms with van der Waals surface area (Å²) >= 11 is 5.85. The van der Waals surface area contributed by atoms with Gasteiger partial charge in [0.1, 0.15) is 5.76 Å². The Balaban J connectivity index is 1.87. The number of halogens is 1. The molecular formula is C17H15ClN2O3S. The third-order valence-electron chi connectivity index (χ3n) is 3.57. The molecule has 0 amide bonds. The van der Waals surface area contributed by atoms with E-state index in [2.05, 4.69) is 9.88 Å². The average molecular weight is 363 g/mol. The van der Waals surface area contributed by atoms with Crippen LogP contribution >= 0.6 is 11.6 Å². The molecule has 1 aromatic heterocycles. The van der Waals surface area contributed by atoms with E-state index < -0.39 is 10.0 Å². The van der Waals surface area contributed by atoms with E-state index in [1.54, 1.807) is 24.3 Å². The van der Waals surface area contributed by atoms with Crippen LogP contribution in [0.5, 0.6) is 0 Å². The number of aromatic nitrogens is 1. The van der Waals surface area contributed by atoms with Gasteiger partial charge in [-0.2, -0.15) is 0 Å². The lowest BCUT2D eigenvalue weighted by Gasteiger charge is -2.09. The van der Waals surface area contributed by atoms with Crippen LogP contribution in [0.1, 0.15) is 11.5 Å². The highest BCUT2D eigenvalue weighted by molar-refractivity contribution is 7.92. The molecule has 5 nitrogen and oxygen atoms in total. The second kappa shape index (κ2) is 6.30. The predicted molar refractivity (Wildman–Crippen MR) is 93.7 cm³/mol. The third-order valence-corrected chi connectivity index (χ3v) is 5.18. The minimum absolute atomic E-state index is 0.116. The van der Waals surface area contributed by atoms with Crippen LogP contribution < -0.4 is 4.72 Å². The fourth-order valence-corrected chi connectivity index (χ4v) is 3.81. The molecule has 1 heterocycles. The highest BCUT2D eigenvalue weighted by Crippen LogP contribution is 2.28. The maximum Gasteiger partial charge on any atom is 0.261 e. The van der Waals surface area contributed by atoms with E-state index in [0.29, 0.717) is 10.7 Å². The molecule has 0 radical (unpaired) electrons. The van der Waals surface area contributed by atoms with Crippen molar-refractivity contribution in [3.8, 4) is 11.1 Å². The molecule has 0 saturated heterocycles. The van der Waals surface area contributed by atoms with Crippen LogP contribution in [0.25, 0.3) is 11.1 Å². The second-order valence-electron chi connectivity index (χ2n) is 5.34. The average Bonchev–Trinajstić information content (AvgIpc) is 2.87. The van der Waals surface area contributed by atoms with Crippen LogP contribution in [-0.4, -0.2) is 13.6 Å². The van der Waals surface area contributed by atoms with E-state index in [1.165, 1.54) is 12.1 Å². The number of aryl methyl sites for hydroxylation is 2. The van der Waals surface area contributed by atoms with E-state index >= 15 is 0 Å². The SMILES string of the molecule is Cc1noc(C)c1-c1ccc(NS(=O)(=O)c2cccc(Cl)c2)cc1. The zero-order valence-electron chi connectivity index (χ0n) is 13.1. The van der Waals surface area contributed by atoms with Crippen LogP contribution in [0.3, 0.4) is 0 Å². The lowest BCUT2D eigenvalue weighted by molar-refractivity contribution is 0.393. The zero-order valence-corrected chi connectivity index (χ0v) is 14.6. The van der Waals surface area contributed by atoms with Crippen molar-refractivity contribution in [3.63, 3.8) is 0 Å². The van der Waals surface area contributed by atoms with Crippen LogP contribution in [0.4, 0.5) is 5.69 Å². The van der Waals surface area contributed by atoms with Crippen molar-refractivity contribution in [1.82, 2.24) is 5.16 Å². The summed E-state index contributed by atoms with van der Waals surface area (Å²) in [6.07, 6.45) is 0. The summed E-state index contributed by atoms with van der Waals surface area (Å²) in [7, 11) is -3.68. The number of nitrogens with one attached hydrogen (secondary N) is 1. The van der Waals surface area contributed by atoms with Gasteiger partial charge in [0.15, 0.2) is 0 Å². The Hall–Kier alpha value is -2.31. The highest BCUT2D eigenvalue weighted by atomic mass is 35.5. The Morgan fingerprint density at radius 2 is 1.79 bits per heavy atom. The summed E-state index contributed by atoms with van der Waals surface area (Å²) in [5.41, 5.74) is 3.08. The topological polar surface area (TPSA) is 72.2 Å². The number of nitrogens with zero attached hydrogens (tertiary/aromatic N) is 1. The zero-order chi connectivity index (χ0) is 17.3. The number of hydrogen-bond acceptors (Lipinski definition) is 4. The van der Waals surface area contributed by atoms with Crippen LogP contribution in [-0.2, 0) is 10.0 Å². The summed E-state index contributed by atoms with van der Waals surface area (Å²) in [6, 6.07) is 13.2. The van der Waals surface area contributed by atoms with E-state index in [1.807, 2.05) is 26.0 Å². The molecule has 3 aromatic rings. The Morgan fingerprint density at radius 1 is 1.08 bits per heavy atom. The number of hydrogen-bond donors (Lipinski definition) is 1. The van der Waals surface area contributed by atoms with Gasteiger partial charge in [-0.3, -0.25) is 4.72 Å². The largest absolute Gasteiger partial charge is 0.361 e. The molecule has 0 atom stereocenters. The molecule has 0 saturated carbocycles. The van der Waals surface area contributed by atoms with Crippen molar-refractivity contribution in [2.24, 2.45) is 0 Å². The first-order chi connectivity index (χ1) is 11.4. The lowest BCUT2D eigenvalue weighted by atomic mass is 10.0. The van der Waals surface area contributed by atoms with Crippen molar-refractivity contribution in [2.75, 3.05) is 4.72 Å². The minimum atomic E-state index is -3.68. The number of rotatable bonds is 4. The van der Waals surface area contributed by atoms with E-state index in [0.717, 1.165) is 22.6 Å². The van der Waals surface area contributed by atoms with Gasteiger partial charge in [0.05, 0.1) is 10.6 Å². The van der Waals surface area contributed by atoms with Gasteiger partial charge in [-0.1, -0.05) is 35.0 Å². The lowest BCUT2D eigenvalue weighted by Crippen LogP contribution is -2.12. The first-order valence-corrected chi connectivity index (χ1v) is 9.04. The quantitative estimate of drug-likeness (QED) is 0.746. The first kappa shape index (κ1) is 16.5. The van der Waals surface area contributed by atoms with Gasteiger partial charge in [0.25, 0.3) is 10.0 Å². The molecular weight excluding hydrogens is 348 g/mol. The fraction of sp³-hybridized carbons (Fsp3) is 0.118. The third kappa shape index (κ3) is 3.29. The van der Waals surface area contributed by atoms with Crippen molar-refractivity contribution < 1.29 is 12.9 Å². The summed E-state index contributed by atoms with van der Waals surface area (Å²) in [6.45, 7) is 3.70. The Labute approximate surface area is 145 Å². The summed E-state index contributed by atoms with van der Waals surface area (Å²) in [5, 5.41) is 4.29. The maximum absolute atomic E-state index is 12.4. The van der Waals surface area contributed by atoms with Gasteiger partial charge >= 0.3 is 0 Å². The molecule has 1 N–H and O–H groups in total. The first-order valence-electron chi connectivity index (χ1n) is 7.18. The summed E-state index contributed by atoms with van der Waals surface area (Å²) < 4.78 is 32.5. The molecule has 0 fully saturated rings.